The number of anilines is 1. The minimum absolute atomic E-state index is 0.354. The number of hydrogen-bond acceptors (Lipinski definition) is 6. The predicted molar refractivity (Wildman–Crippen MR) is 115 cm³/mol. The molecule has 0 aliphatic rings. The van der Waals surface area contributed by atoms with Gasteiger partial charge in [-0.2, -0.15) is 5.10 Å². The summed E-state index contributed by atoms with van der Waals surface area (Å²) in [5.74, 6) is 0.0722. The monoisotopic (exact) mass is 411 g/mol. The van der Waals surface area contributed by atoms with E-state index in [9.17, 15) is 9.59 Å². The Labute approximate surface area is 175 Å². The lowest BCUT2D eigenvalue weighted by Crippen LogP contribution is -2.32. The molecule has 0 saturated heterocycles. The predicted octanol–water partition coefficient (Wildman–Crippen LogP) is 3.14. The van der Waals surface area contributed by atoms with Crippen LogP contribution in [-0.2, 0) is 9.59 Å². The molecule has 0 saturated carbocycles. The van der Waals surface area contributed by atoms with Crippen LogP contribution in [0.4, 0.5) is 5.69 Å². The molecule has 0 spiro atoms. The minimum Gasteiger partial charge on any atom is -0.494 e. The first-order valence-corrected chi connectivity index (χ1v) is 9.45. The van der Waals surface area contributed by atoms with E-state index in [-0.39, 0.29) is 0 Å². The zero-order chi connectivity index (χ0) is 21.8. The lowest BCUT2D eigenvalue weighted by Gasteiger charge is -2.11. The van der Waals surface area contributed by atoms with Gasteiger partial charge in [0.2, 0.25) is 0 Å². The summed E-state index contributed by atoms with van der Waals surface area (Å²) in [5, 5.41) is 6.31. The van der Waals surface area contributed by atoms with Crippen molar-refractivity contribution in [2.75, 3.05) is 25.1 Å². The van der Waals surface area contributed by atoms with Gasteiger partial charge < -0.3 is 19.5 Å². The second kappa shape index (κ2) is 11.9. The first-order valence-electron chi connectivity index (χ1n) is 9.45. The number of benzene rings is 2. The molecule has 0 radical (unpaired) electrons. The van der Waals surface area contributed by atoms with Crippen LogP contribution in [0.3, 0.4) is 0 Å². The number of amides is 2. The summed E-state index contributed by atoms with van der Waals surface area (Å²) in [6, 6.07) is 11.9. The maximum atomic E-state index is 12.0. The van der Waals surface area contributed by atoms with E-state index in [4.69, 9.17) is 14.2 Å². The van der Waals surface area contributed by atoms with Gasteiger partial charge in [0, 0.05) is 5.69 Å². The van der Waals surface area contributed by atoms with E-state index < -0.39 is 11.8 Å². The summed E-state index contributed by atoms with van der Waals surface area (Å²) in [5.41, 5.74) is 3.33. The van der Waals surface area contributed by atoms with Crippen LogP contribution in [0.2, 0.25) is 0 Å². The van der Waals surface area contributed by atoms with Crippen molar-refractivity contribution < 1.29 is 23.8 Å². The Morgan fingerprint density at radius 1 is 0.967 bits per heavy atom. The number of hydrogen-bond donors (Lipinski definition) is 2. The van der Waals surface area contributed by atoms with Crippen LogP contribution in [0, 0.1) is 0 Å². The normalized spacial score (nSPS) is 10.3. The van der Waals surface area contributed by atoms with Gasteiger partial charge in [-0.15, -0.1) is 0 Å². The minimum atomic E-state index is -0.892. The molecule has 8 heteroatoms. The molecule has 2 amide bonds. The molecule has 30 heavy (non-hydrogen) atoms. The smallest absolute Gasteiger partial charge is 0.329 e. The Morgan fingerprint density at radius 3 is 2.37 bits per heavy atom. The third-order valence-electron chi connectivity index (χ3n) is 3.63. The van der Waals surface area contributed by atoms with E-state index >= 15 is 0 Å². The van der Waals surface area contributed by atoms with E-state index in [1.54, 1.807) is 48.5 Å². The van der Waals surface area contributed by atoms with Crippen molar-refractivity contribution in [3.63, 3.8) is 0 Å². The molecule has 2 rings (SSSR count). The fraction of sp³-hybridized carbons (Fsp3) is 0.227. The molecule has 0 atom stereocenters. The number of nitrogens with one attached hydrogen (secondary N) is 2. The molecule has 0 unspecified atom stereocenters. The topological polar surface area (TPSA) is 98.2 Å². The Hall–Kier alpha value is -3.81. The van der Waals surface area contributed by atoms with E-state index in [2.05, 4.69) is 22.4 Å². The van der Waals surface area contributed by atoms with Crippen LogP contribution < -0.4 is 25.0 Å². The van der Waals surface area contributed by atoms with Crippen molar-refractivity contribution >= 4 is 23.7 Å². The van der Waals surface area contributed by atoms with E-state index in [0.717, 1.165) is 0 Å². The molecule has 0 aliphatic heterocycles. The Morgan fingerprint density at radius 2 is 1.70 bits per heavy atom. The molecule has 8 nitrogen and oxygen atoms in total. The van der Waals surface area contributed by atoms with Crippen LogP contribution in [-0.4, -0.2) is 37.8 Å². The average Bonchev–Trinajstić information content (AvgIpc) is 2.75. The summed E-state index contributed by atoms with van der Waals surface area (Å²) >= 11 is 0. The second-order valence-corrected chi connectivity index (χ2v) is 5.85. The lowest BCUT2D eigenvalue weighted by molar-refractivity contribution is -0.136. The van der Waals surface area contributed by atoms with Gasteiger partial charge in [0.05, 0.1) is 19.4 Å². The fourth-order valence-corrected chi connectivity index (χ4v) is 2.35. The van der Waals surface area contributed by atoms with Crippen molar-refractivity contribution in [3.8, 4) is 17.2 Å². The first kappa shape index (κ1) is 22.5. The van der Waals surface area contributed by atoms with Gasteiger partial charge >= 0.3 is 11.8 Å². The third-order valence-corrected chi connectivity index (χ3v) is 3.63. The summed E-state index contributed by atoms with van der Waals surface area (Å²) in [7, 11) is 0. The quantitative estimate of drug-likeness (QED) is 0.271. The van der Waals surface area contributed by atoms with Crippen LogP contribution >= 0.6 is 0 Å². The van der Waals surface area contributed by atoms with E-state index in [1.807, 2.05) is 13.8 Å². The Balaban J connectivity index is 1.93. The highest BCUT2D eigenvalue weighted by atomic mass is 16.5. The number of carbonyl (C=O) groups is 2. The first-order chi connectivity index (χ1) is 14.6. The summed E-state index contributed by atoms with van der Waals surface area (Å²) in [6.45, 7) is 8.72. The SMILES string of the molecule is C=CCOc1ccc(C=NNC(=O)C(=O)Nc2ccc(OCC)cc2)cc1OCC. The number of carbonyl (C=O) groups excluding carboxylic acids is 2. The highest BCUT2D eigenvalue weighted by molar-refractivity contribution is 6.39. The second-order valence-electron chi connectivity index (χ2n) is 5.85. The van der Waals surface area contributed by atoms with Crippen molar-refractivity contribution in [2.24, 2.45) is 5.10 Å². The molecule has 2 N–H and O–H groups in total. The maximum absolute atomic E-state index is 12.0. The van der Waals surface area contributed by atoms with Gasteiger partial charge in [-0.3, -0.25) is 9.59 Å². The van der Waals surface area contributed by atoms with Crippen LogP contribution in [0.1, 0.15) is 19.4 Å². The molecular formula is C22H25N3O5. The third kappa shape index (κ3) is 6.97. The lowest BCUT2D eigenvalue weighted by atomic mass is 10.2. The number of ether oxygens (including phenoxy) is 3. The summed E-state index contributed by atoms with van der Waals surface area (Å²) in [4.78, 5) is 23.9. The van der Waals surface area contributed by atoms with Gasteiger partial charge in [-0.1, -0.05) is 12.7 Å². The van der Waals surface area contributed by atoms with Crippen LogP contribution in [0.15, 0.2) is 60.2 Å². The Kier molecular flexibility index (Phi) is 8.92. The van der Waals surface area contributed by atoms with Gasteiger partial charge in [0.25, 0.3) is 0 Å². The van der Waals surface area contributed by atoms with Crippen molar-refractivity contribution in [3.05, 3.63) is 60.7 Å². The molecule has 0 aromatic heterocycles. The summed E-state index contributed by atoms with van der Waals surface area (Å²) < 4.78 is 16.4. The molecule has 0 heterocycles. The molecule has 0 bridgehead atoms. The van der Waals surface area contributed by atoms with E-state index in [0.29, 0.717) is 48.3 Å². The molecule has 0 aliphatic carbocycles. The van der Waals surface area contributed by atoms with Crippen LogP contribution in [0.5, 0.6) is 17.2 Å². The van der Waals surface area contributed by atoms with Crippen molar-refractivity contribution in [2.45, 2.75) is 13.8 Å². The fourth-order valence-electron chi connectivity index (χ4n) is 2.35. The van der Waals surface area contributed by atoms with E-state index in [1.165, 1.54) is 6.21 Å². The standard InChI is InChI=1S/C22H25N3O5/c1-4-13-30-19-12-7-16(14-20(19)29-6-3)15-23-25-22(27)21(26)24-17-8-10-18(11-9-17)28-5-2/h4,7-12,14-15H,1,5-6,13H2,2-3H3,(H,24,26)(H,25,27). The summed E-state index contributed by atoms with van der Waals surface area (Å²) in [6.07, 6.45) is 3.04. The largest absolute Gasteiger partial charge is 0.494 e. The average molecular weight is 411 g/mol. The molecule has 158 valence electrons. The molecule has 0 fully saturated rings. The highest BCUT2D eigenvalue weighted by Crippen LogP contribution is 2.28. The number of hydrazone groups is 1. The van der Waals surface area contributed by atoms with Crippen molar-refractivity contribution in [1.29, 1.82) is 0 Å². The zero-order valence-electron chi connectivity index (χ0n) is 17.0. The molecule has 2 aromatic rings. The van der Waals surface area contributed by atoms with Gasteiger partial charge in [-0.25, -0.2) is 5.43 Å². The highest BCUT2D eigenvalue weighted by Gasteiger charge is 2.13. The molecular weight excluding hydrogens is 386 g/mol. The molecule has 2 aromatic carbocycles. The number of rotatable bonds is 10. The number of nitrogens with zero attached hydrogens (tertiary/aromatic N) is 1. The Bertz CT molecular complexity index is 894. The van der Waals surface area contributed by atoms with Gasteiger partial charge in [0.1, 0.15) is 12.4 Å². The van der Waals surface area contributed by atoms with Gasteiger partial charge in [0.15, 0.2) is 11.5 Å². The van der Waals surface area contributed by atoms with Crippen LogP contribution in [0.25, 0.3) is 0 Å². The van der Waals surface area contributed by atoms with Crippen molar-refractivity contribution in [1.82, 2.24) is 5.43 Å². The zero-order valence-corrected chi connectivity index (χ0v) is 17.0. The van der Waals surface area contributed by atoms with Gasteiger partial charge in [-0.05, 0) is 61.9 Å². The maximum Gasteiger partial charge on any atom is 0.329 e.